The molecule has 0 unspecified atom stereocenters. The normalized spacial score (nSPS) is 16.2. The van der Waals surface area contributed by atoms with Gasteiger partial charge < -0.3 is 10.6 Å². The smallest absolute Gasteiger partial charge is 0.0968 e. The molecule has 8 heteroatoms. The van der Waals surface area contributed by atoms with Gasteiger partial charge in [0.25, 0.3) is 0 Å². The van der Waals surface area contributed by atoms with E-state index in [-0.39, 0.29) is 0 Å². The summed E-state index contributed by atoms with van der Waals surface area (Å²) in [6.45, 7) is 4.56. The zero-order valence-electron chi connectivity index (χ0n) is 26.3. The Kier molecular flexibility index (Phi) is 9.54. The van der Waals surface area contributed by atoms with Crippen molar-refractivity contribution in [2.24, 2.45) is 9.98 Å². The fourth-order valence-corrected chi connectivity index (χ4v) is 5.98. The Morgan fingerprint density at radius 1 is 0.391 bits per heavy atom. The average Bonchev–Trinajstić information content (AvgIpc) is 3.09. The number of aromatic nitrogens is 4. The average molecular weight is 609 g/mol. The van der Waals surface area contributed by atoms with Gasteiger partial charge in [-0.15, -0.1) is 0 Å². The van der Waals surface area contributed by atoms with Crippen LogP contribution in [0.15, 0.2) is 82.8 Å². The molecule has 8 bridgehead atoms. The lowest BCUT2D eigenvalue weighted by molar-refractivity contribution is 0.567. The Bertz CT molecular complexity index is 1890. The molecule has 7 rings (SSSR count). The highest BCUT2D eigenvalue weighted by atomic mass is 14.9. The van der Waals surface area contributed by atoms with Crippen LogP contribution in [0.4, 0.5) is 0 Å². The third-order valence-corrected chi connectivity index (χ3v) is 8.52. The van der Waals surface area contributed by atoms with Crippen LogP contribution in [-0.4, -0.2) is 45.5 Å². The summed E-state index contributed by atoms with van der Waals surface area (Å²) in [7, 11) is 0. The quantitative estimate of drug-likeness (QED) is 0.176. The number of nitrogens with one attached hydrogen (secondary N) is 2. The molecule has 0 spiro atoms. The van der Waals surface area contributed by atoms with Crippen LogP contribution in [-0.2, 0) is 26.2 Å². The molecule has 0 saturated heterocycles. The van der Waals surface area contributed by atoms with Crippen molar-refractivity contribution in [2.45, 2.75) is 64.7 Å². The van der Waals surface area contributed by atoms with E-state index >= 15 is 0 Å². The maximum absolute atomic E-state index is 5.02. The van der Waals surface area contributed by atoms with Crippen molar-refractivity contribution in [1.82, 2.24) is 30.6 Å². The predicted octanol–water partition coefficient (Wildman–Crippen LogP) is 7.25. The molecule has 5 heterocycles. The Balaban J connectivity index is 1.07. The molecule has 232 valence electrons. The van der Waals surface area contributed by atoms with Gasteiger partial charge in [-0.3, -0.25) is 9.98 Å². The van der Waals surface area contributed by atoms with Crippen molar-refractivity contribution in [2.75, 3.05) is 13.1 Å². The molecule has 2 aromatic carbocycles. The van der Waals surface area contributed by atoms with Gasteiger partial charge in [0.1, 0.15) is 0 Å². The summed E-state index contributed by atoms with van der Waals surface area (Å²) in [4.78, 5) is 29.3. The first kappa shape index (κ1) is 30.0. The van der Waals surface area contributed by atoms with E-state index in [2.05, 4.69) is 93.4 Å². The third kappa shape index (κ3) is 7.25. The number of fused-ring (bicyclic) bond motifs is 4. The minimum absolute atomic E-state index is 0.565. The van der Waals surface area contributed by atoms with E-state index in [0.717, 1.165) is 131 Å². The zero-order chi connectivity index (χ0) is 31.0. The van der Waals surface area contributed by atoms with Crippen LogP contribution in [0, 0.1) is 0 Å². The Morgan fingerprint density at radius 2 is 0.761 bits per heavy atom. The van der Waals surface area contributed by atoms with Gasteiger partial charge in [-0.05, 0) is 81.9 Å². The number of nitrogens with zero attached hydrogens (tertiary/aromatic N) is 6. The summed E-state index contributed by atoms with van der Waals surface area (Å²) in [5.74, 6) is 0. The van der Waals surface area contributed by atoms with E-state index in [1.165, 1.54) is 0 Å². The number of hydrogen-bond acceptors (Lipinski definition) is 8. The van der Waals surface area contributed by atoms with Gasteiger partial charge in [0.15, 0.2) is 0 Å². The van der Waals surface area contributed by atoms with Gasteiger partial charge in [-0.2, -0.15) is 0 Å². The van der Waals surface area contributed by atoms with E-state index in [0.29, 0.717) is 13.1 Å². The number of rotatable bonds is 0. The van der Waals surface area contributed by atoms with E-state index in [1.54, 1.807) is 0 Å². The molecule has 6 aromatic rings. The van der Waals surface area contributed by atoms with Gasteiger partial charge >= 0.3 is 0 Å². The minimum atomic E-state index is 0.565. The molecule has 8 nitrogen and oxygen atoms in total. The number of benzene rings is 2. The molecule has 0 saturated carbocycles. The first-order chi connectivity index (χ1) is 22.8. The van der Waals surface area contributed by atoms with Crippen molar-refractivity contribution in [3.8, 4) is 0 Å². The number of pyridine rings is 4. The predicted molar refractivity (Wildman–Crippen MR) is 190 cm³/mol. The van der Waals surface area contributed by atoms with Crippen LogP contribution in [0.1, 0.15) is 61.3 Å². The molecule has 0 radical (unpaired) electrons. The van der Waals surface area contributed by atoms with Gasteiger partial charge in [-0.25, -0.2) is 19.9 Å². The van der Waals surface area contributed by atoms with Crippen LogP contribution < -0.4 is 10.6 Å². The molecular formula is C38H40N8. The summed E-state index contributed by atoms with van der Waals surface area (Å²) < 4.78 is 0. The monoisotopic (exact) mass is 608 g/mol. The molecule has 1 aliphatic heterocycles. The standard InChI is InChI=1S/C38H40N8/c1-3-19-39-23-31-15-11-27-7-9-29-13-17-33(45-37(29)35(27)43-31)25-41-21-5-2-6-22-42-26-34-18-14-30-10-8-28-12-16-32(24-40-20-4-1)44-36(28)38(30)46-34/h7-20,41-42H,1-6,21-26H2. The van der Waals surface area contributed by atoms with Crippen molar-refractivity contribution in [3.05, 3.63) is 95.6 Å². The van der Waals surface area contributed by atoms with Crippen molar-refractivity contribution in [1.29, 1.82) is 0 Å². The zero-order valence-corrected chi connectivity index (χ0v) is 26.3. The first-order valence-corrected chi connectivity index (χ1v) is 16.5. The summed E-state index contributed by atoms with van der Waals surface area (Å²) >= 11 is 0. The van der Waals surface area contributed by atoms with Crippen LogP contribution >= 0.6 is 0 Å². The Morgan fingerprint density at radius 3 is 1.20 bits per heavy atom. The maximum atomic E-state index is 5.02. The lowest BCUT2D eigenvalue weighted by Crippen LogP contribution is -2.17. The van der Waals surface area contributed by atoms with Crippen LogP contribution in [0.5, 0.6) is 0 Å². The first-order valence-electron chi connectivity index (χ1n) is 16.5. The second-order valence-corrected chi connectivity index (χ2v) is 12.0. The molecule has 2 N–H and O–H groups in total. The van der Waals surface area contributed by atoms with Gasteiger partial charge in [0.05, 0.1) is 57.9 Å². The summed E-state index contributed by atoms with van der Waals surface area (Å²) in [5, 5.41) is 11.6. The summed E-state index contributed by atoms with van der Waals surface area (Å²) in [5.41, 5.74) is 7.80. The van der Waals surface area contributed by atoms with Crippen LogP contribution in [0.3, 0.4) is 0 Å². The highest BCUT2D eigenvalue weighted by Gasteiger charge is 2.08. The van der Waals surface area contributed by atoms with Crippen molar-refractivity contribution >= 4 is 56.0 Å². The SMILES string of the molecule is C1=NCc2ccc3ccc4ccc(nc4c3n2)CNCCCCCNCc2ccc3ccc4ccc(nc4c3n2)CN=CCCC1. The molecule has 0 aliphatic carbocycles. The van der Waals surface area contributed by atoms with E-state index in [4.69, 9.17) is 19.9 Å². The van der Waals surface area contributed by atoms with E-state index in [9.17, 15) is 0 Å². The van der Waals surface area contributed by atoms with Crippen molar-refractivity contribution < 1.29 is 0 Å². The lowest BCUT2D eigenvalue weighted by atomic mass is 10.1. The largest absolute Gasteiger partial charge is 0.311 e. The number of hydrogen-bond donors (Lipinski definition) is 2. The molecule has 4 aromatic heterocycles. The Hall–Kier alpha value is -4.66. The van der Waals surface area contributed by atoms with Crippen LogP contribution in [0.25, 0.3) is 43.6 Å². The molecule has 0 atom stereocenters. The molecular weight excluding hydrogens is 568 g/mol. The summed E-state index contributed by atoms with van der Waals surface area (Å²) in [6, 6.07) is 25.5. The highest BCUT2D eigenvalue weighted by Crippen LogP contribution is 2.25. The second-order valence-electron chi connectivity index (χ2n) is 12.0. The fourth-order valence-electron chi connectivity index (χ4n) is 5.98. The molecule has 1 aliphatic rings. The molecule has 0 fully saturated rings. The van der Waals surface area contributed by atoms with Gasteiger partial charge in [-0.1, -0.05) is 55.0 Å². The minimum Gasteiger partial charge on any atom is -0.311 e. The lowest BCUT2D eigenvalue weighted by Gasteiger charge is -2.09. The topological polar surface area (TPSA) is 100 Å². The maximum Gasteiger partial charge on any atom is 0.0968 e. The Labute approximate surface area is 269 Å². The summed E-state index contributed by atoms with van der Waals surface area (Å²) in [6.07, 6.45) is 10.3. The molecule has 0 amide bonds. The highest BCUT2D eigenvalue weighted by molar-refractivity contribution is 6.03. The fraction of sp³-hybridized carbons (Fsp3) is 0.316. The van der Waals surface area contributed by atoms with Crippen molar-refractivity contribution in [3.63, 3.8) is 0 Å². The molecule has 46 heavy (non-hydrogen) atoms. The second kappa shape index (κ2) is 14.6. The van der Waals surface area contributed by atoms with E-state index < -0.39 is 0 Å². The van der Waals surface area contributed by atoms with Gasteiger partial charge in [0.2, 0.25) is 0 Å². The van der Waals surface area contributed by atoms with E-state index in [1.807, 2.05) is 12.4 Å². The van der Waals surface area contributed by atoms with Crippen LogP contribution in [0.2, 0.25) is 0 Å². The number of aliphatic imine (C=N–C) groups is 2. The third-order valence-electron chi connectivity index (χ3n) is 8.52. The van der Waals surface area contributed by atoms with Gasteiger partial charge in [0, 0.05) is 34.6 Å².